The largest absolute Gasteiger partial charge is 0.288 e. The van der Waals surface area contributed by atoms with Gasteiger partial charge in [-0.2, -0.15) is 0 Å². The van der Waals surface area contributed by atoms with Crippen LogP contribution in [0.1, 0.15) is 81.5 Å². The van der Waals surface area contributed by atoms with Crippen LogP contribution in [0.15, 0.2) is 47.4 Å². The molecular weight excluding hydrogens is 412 g/mol. The third-order valence-electron chi connectivity index (χ3n) is 5.05. The van der Waals surface area contributed by atoms with Gasteiger partial charge in [0.1, 0.15) is 0 Å². The van der Waals surface area contributed by atoms with E-state index in [0.717, 1.165) is 16.7 Å². The molecule has 1 amide bonds. The number of sulfonamides is 1. The van der Waals surface area contributed by atoms with E-state index in [1.165, 1.54) is 17.6 Å². The molecule has 0 spiro atoms. The second kappa shape index (κ2) is 10.1. The van der Waals surface area contributed by atoms with Crippen molar-refractivity contribution in [3.63, 3.8) is 0 Å². The Morgan fingerprint density at radius 3 is 1.84 bits per heavy atom. The van der Waals surface area contributed by atoms with Gasteiger partial charge in [0, 0.05) is 11.8 Å². The Hall–Kier alpha value is -2.64. The molecule has 6 nitrogen and oxygen atoms in total. The van der Waals surface area contributed by atoms with E-state index >= 15 is 0 Å². The SMILES string of the molecule is CC(C)c1cc(C(C)C)c(S(=O)(=O)Nc2ccc(C=CC(=O)NO)cc2)c(C(C)C)c1. The van der Waals surface area contributed by atoms with Gasteiger partial charge in [0.25, 0.3) is 15.9 Å². The average Bonchev–Trinajstić information content (AvgIpc) is 2.71. The number of carbonyl (C=O) groups is 1. The molecule has 0 atom stereocenters. The van der Waals surface area contributed by atoms with E-state index in [-0.39, 0.29) is 11.8 Å². The second-order valence-corrected chi connectivity index (χ2v) is 10.1. The summed E-state index contributed by atoms with van der Waals surface area (Å²) >= 11 is 0. The van der Waals surface area contributed by atoms with Crippen molar-refractivity contribution in [2.24, 2.45) is 0 Å². The van der Waals surface area contributed by atoms with Crippen LogP contribution >= 0.6 is 0 Å². The quantitative estimate of drug-likeness (QED) is 0.289. The van der Waals surface area contributed by atoms with Crippen LogP contribution in [0.5, 0.6) is 0 Å². The summed E-state index contributed by atoms with van der Waals surface area (Å²) in [6, 6.07) is 10.7. The van der Waals surface area contributed by atoms with Crippen molar-refractivity contribution < 1.29 is 18.4 Å². The van der Waals surface area contributed by atoms with Crippen LogP contribution in [-0.4, -0.2) is 19.5 Å². The monoisotopic (exact) mass is 444 g/mol. The molecule has 2 aromatic rings. The van der Waals surface area contributed by atoms with Crippen LogP contribution in [-0.2, 0) is 14.8 Å². The van der Waals surface area contributed by atoms with Crippen molar-refractivity contribution in [1.29, 1.82) is 0 Å². The zero-order valence-electron chi connectivity index (χ0n) is 18.9. The van der Waals surface area contributed by atoms with Gasteiger partial charge in [-0.3, -0.25) is 14.7 Å². The Balaban J connectivity index is 2.47. The Labute approximate surface area is 185 Å². The molecule has 168 valence electrons. The third kappa shape index (κ3) is 6.18. The number of nitrogens with one attached hydrogen (secondary N) is 2. The summed E-state index contributed by atoms with van der Waals surface area (Å²) in [5.41, 5.74) is 5.41. The molecule has 0 unspecified atom stereocenters. The van der Waals surface area contributed by atoms with Gasteiger partial charge in [0.2, 0.25) is 0 Å². The Kier molecular flexibility index (Phi) is 8.03. The van der Waals surface area contributed by atoms with Gasteiger partial charge in [-0.25, -0.2) is 13.9 Å². The molecule has 2 rings (SSSR count). The van der Waals surface area contributed by atoms with Crippen LogP contribution in [0, 0.1) is 0 Å². The Morgan fingerprint density at radius 1 is 0.903 bits per heavy atom. The van der Waals surface area contributed by atoms with Gasteiger partial charge >= 0.3 is 0 Å². The number of benzene rings is 2. The lowest BCUT2D eigenvalue weighted by Crippen LogP contribution is -2.19. The molecular formula is C24H32N2O4S. The molecule has 0 fully saturated rings. The smallest absolute Gasteiger partial charge is 0.267 e. The number of anilines is 1. The van der Waals surface area contributed by atoms with E-state index in [1.807, 2.05) is 39.8 Å². The molecule has 0 radical (unpaired) electrons. The third-order valence-corrected chi connectivity index (χ3v) is 6.56. The molecule has 3 N–H and O–H groups in total. The van der Waals surface area contributed by atoms with Crippen LogP contribution in [0.4, 0.5) is 5.69 Å². The topological polar surface area (TPSA) is 95.5 Å². The van der Waals surface area contributed by atoms with E-state index < -0.39 is 15.9 Å². The molecule has 0 aromatic heterocycles. The summed E-state index contributed by atoms with van der Waals surface area (Å²) in [6.07, 6.45) is 2.70. The normalized spacial score (nSPS) is 12.2. The Bertz CT molecular complexity index is 1020. The molecule has 0 bridgehead atoms. The fraction of sp³-hybridized carbons (Fsp3) is 0.375. The summed E-state index contributed by atoms with van der Waals surface area (Å²) in [5.74, 6) is -0.244. The highest BCUT2D eigenvalue weighted by molar-refractivity contribution is 7.92. The predicted molar refractivity (Wildman–Crippen MR) is 125 cm³/mol. The van der Waals surface area contributed by atoms with E-state index in [0.29, 0.717) is 22.1 Å². The highest BCUT2D eigenvalue weighted by Crippen LogP contribution is 2.36. The lowest BCUT2D eigenvalue weighted by molar-refractivity contribution is -0.124. The molecule has 0 aliphatic carbocycles. The van der Waals surface area contributed by atoms with Crippen molar-refractivity contribution in [3.8, 4) is 0 Å². The highest BCUT2D eigenvalue weighted by atomic mass is 32.2. The van der Waals surface area contributed by atoms with E-state index in [1.54, 1.807) is 24.3 Å². The number of hydrogen-bond donors (Lipinski definition) is 3. The maximum Gasteiger partial charge on any atom is 0.267 e. The number of hydroxylamine groups is 1. The fourth-order valence-corrected chi connectivity index (χ4v) is 5.04. The summed E-state index contributed by atoms with van der Waals surface area (Å²) in [4.78, 5) is 11.4. The number of hydrogen-bond acceptors (Lipinski definition) is 4. The van der Waals surface area contributed by atoms with Gasteiger partial charge in [-0.15, -0.1) is 0 Å². The van der Waals surface area contributed by atoms with E-state index in [2.05, 4.69) is 18.6 Å². The van der Waals surface area contributed by atoms with Crippen molar-refractivity contribution in [2.75, 3.05) is 4.72 Å². The minimum absolute atomic E-state index is 0.0490. The summed E-state index contributed by atoms with van der Waals surface area (Å²) in [6.45, 7) is 12.2. The number of amides is 1. The zero-order valence-corrected chi connectivity index (χ0v) is 19.7. The van der Waals surface area contributed by atoms with Gasteiger partial charge in [0.05, 0.1) is 4.90 Å². The summed E-state index contributed by atoms with van der Waals surface area (Å²) < 4.78 is 29.6. The zero-order chi connectivity index (χ0) is 23.3. The maximum atomic E-state index is 13.5. The molecule has 0 heterocycles. The van der Waals surface area contributed by atoms with Crippen LogP contribution in [0.25, 0.3) is 6.08 Å². The molecule has 0 aliphatic rings. The molecule has 2 aromatic carbocycles. The molecule has 31 heavy (non-hydrogen) atoms. The number of rotatable bonds is 8. The Morgan fingerprint density at radius 2 is 1.42 bits per heavy atom. The van der Waals surface area contributed by atoms with E-state index in [9.17, 15) is 13.2 Å². The lowest BCUT2D eigenvalue weighted by atomic mass is 9.89. The van der Waals surface area contributed by atoms with Gasteiger partial charge in [-0.1, -0.05) is 65.8 Å². The fourth-order valence-electron chi connectivity index (χ4n) is 3.28. The lowest BCUT2D eigenvalue weighted by Gasteiger charge is -2.23. The standard InChI is InChI=1S/C24H32N2O4S/c1-15(2)19-13-21(16(3)4)24(22(14-19)17(5)6)31(29,30)26-20-10-7-18(8-11-20)9-12-23(27)25-28/h7-17,26,28H,1-6H3,(H,25,27). The van der Waals surface area contributed by atoms with Crippen molar-refractivity contribution >= 4 is 27.7 Å². The first kappa shape index (κ1) is 24.6. The maximum absolute atomic E-state index is 13.5. The minimum atomic E-state index is -3.81. The van der Waals surface area contributed by atoms with Crippen LogP contribution in [0.3, 0.4) is 0 Å². The van der Waals surface area contributed by atoms with E-state index in [4.69, 9.17) is 5.21 Å². The van der Waals surface area contributed by atoms with Crippen molar-refractivity contribution in [2.45, 2.75) is 64.2 Å². The summed E-state index contributed by atoms with van der Waals surface area (Å²) in [7, 11) is -3.81. The first-order chi connectivity index (χ1) is 14.5. The van der Waals surface area contributed by atoms with Crippen molar-refractivity contribution in [3.05, 3.63) is 64.7 Å². The number of carbonyl (C=O) groups excluding carboxylic acids is 1. The highest BCUT2D eigenvalue weighted by Gasteiger charge is 2.27. The molecule has 0 saturated carbocycles. The minimum Gasteiger partial charge on any atom is -0.288 e. The first-order valence-corrected chi connectivity index (χ1v) is 11.9. The average molecular weight is 445 g/mol. The summed E-state index contributed by atoms with van der Waals surface area (Å²) in [5, 5.41) is 8.54. The van der Waals surface area contributed by atoms with Gasteiger partial charge < -0.3 is 0 Å². The van der Waals surface area contributed by atoms with Gasteiger partial charge in [0.15, 0.2) is 0 Å². The predicted octanol–water partition coefficient (Wildman–Crippen LogP) is 5.38. The second-order valence-electron chi connectivity index (χ2n) is 8.53. The van der Waals surface area contributed by atoms with Crippen LogP contribution < -0.4 is 10.2 Å². The van der Waals surface area contributed by atoms with Crippen LogP contribution in [0.2, 0.25) is 0 Å². The molecule has 0 saturated heterocycles. The van der Waals surface area contributed by atoms with Gasteiger partial charge in [-0.05, 0) is 58.2 Å². The molecule has 0 aliphatic heterocycles. The molecule has 7 heteroatoms. The first-order valence-electron chi connectivity index (χ1n) is 10.4. The van der Waals surface area contributed by atoms with Crippen molar-refractivity contribution in [1.82, 2.24) is 5.48 Å².